The predicted octanol–water partition coefficient (Wildman–Crippen LogP) is 3.30. The minimum atomic E-state index is -0.501. The lowest BCUT2D eigenvalue weighted by atomic mass is 10.1. The number of methoxy groups -OCH3 is 2. The number of aromatic nitrogens is 1. The SMILES string of the molecule is CO/C=C(\C(=O)OC)n1cccc1OCc1cc(C)cc(C)c1. The molecule has 0 radical (unpaired) electrons. The first kappa shape index (κ1) is 16.7. The molecule has 0 aliphatic heterocycles. The van der Waals surface area contributed by atoms with E-state index in [-0.39, 0.29) is 5.70 Å². The summed E-state index contributed by atoms with van der Waals surface area (Å²) >= 11 is 0. The van der Waals surface area contributed by atoms with Crippen molar-refractivity contribution in [1.82, 2.24) is 4.57 Å². The third-order valence-corrected chi connectivity index (χ3v) is 3.26. The van der Waals surface area contributed by atoms with Gasteiger partial charge in [0.2, 0.25) is 0 Å². The van der Waals surface area contributed by atoms with Crippen LogP contribution in [0.5, 0.6) is 5.88 Å². The Hall–Kier alpha value is -2.69. The van der Waals surface area contributed by atoms with Crippen molar-refractivity contribution in [1.29, 1.82) is 0 Å². The summed E-state index contributed by atoms with van der Waals surface area (Å²) in [5.74, 6) is 0.0390. The van der Waals surface area contributed by atoms with Gasteiger partial charge >= 0.3 is 5.97 Å². The number of hydrogen-bond acceptors (Lipinski definition) is 4. The van der Waals surface area contributed by atoms with E-state index in [9.17, 15) is 4.79 Å². The molecule has 122 valence electrons. The van der Waals surface area contributed by atoms with Crippen LogP contribution in [0.2, 0.25) is 0 Å². The van der Waals surface area contributed by atoms with Crippen molar-refractivity contribution in [2.75, 3.05) is 14.2 Å². The van der Waals surface area contributed by atoms with Crippen molar-refractivity contribution in [3.8, 4) is 5.88 Å². The third-order valence-electron chi connectivity index (χ3n) is 3.26. The molecule has 0 atom stereocenters. The van der Waals surface area contributed by atoms with Crippen LogP contribution in [0.1, 0.15) is 16.7 Å². The van der Waals surface area contributed by atoms with Gasteiger partial charge in [-0.05, 0) is 25.5 Å². The molecule has 0 fully saturated rings. The van der Waals surface area contributed by atoms with E-state index < -0.39 is 5.97 Å². The predicted molar refractivity (Wildman–Crippen MR) is 88.0 cm³/mol. The fraction of sp³-hybridized carbons (Fsp3) is 0.278. The Morgan fingerprint density at radius 2 is 1.87 bits per heavy atom. The minimum absolute atomic E-state index is 0.246. The topological polar surface area (TPSA) is 49.7 Å². The van der Waals surface area contributed by atoms with E-state index in [1.807, 2.05) is 0 Å². The highest BCUT2D eigenvalue weighted by atomic mass is 16.5. The smallest absolute Gasteiger partial charge is 0.358 e. The van der Waals surface area contributed by atoms with Gasteiger partial charge in [-0.25, -0.2) is 4.79 Å². The highest BCUT2D eigenvalue weighted by Crippen LogP contribution is 2.21. The zero-order valence-corrected chi connectivity index (χ0v) is 13.8. The Labute approximate surface area is 136 Å². The standard InChI is InChI=1S/C18H21NO4/c1-13-8-14(2)10-15(9-13)11-23-17-6-5-7-19(17)16(12-21-3)18(20)22-4/h5-10,12H,11H2,1-4H3/b16-12+. The van der Waals surface area contributed by atoms with Crippen LogP contribution in [-0.4, -0.2) is 24.8 Å². The summed E-state index contributed by atoms with van der Waals surface area (Å²) in [6.45, 7) is 4.51. The summed E-state index contributed by atoms with van der Waals surface area (Å²) in [7, 11) is 2.80. The van der Waals surface area contributed by atoms with Crippen molar-refractivity contribution in [3.63, 3.8) is 0 Å². The van der Waals surface area contributed by atoms with Gasteiger partial charge in [-0.15, -0.1) is 0 Å². The highest BCUT2D eigenvalue weighted by molar-refractivity contribution is 6.09. The van der Waals surface area contributed by atoms with Gasteiger partial charge in [0, 0.05) is 12.3 Å². The molecule has 0 saturated heterocycles. The molecule has 2 rings (SSSR count). The maximum absolute atomic E-state index is 11.9. The van der Waals surface area contributed by atoms with Crippen LogP contribution in [-0.2, 0) is 20.9 Å². The number of esters is 1. The van der Waals surface area contributed by atoms with Gasteiger partial charge in [-0.3, -0.25) is 4.57 Å². The van der Waals surface area contributed by atoms with Gasteiger partial charge < -0.3 is 14.2 Å². The van der Waals surface area contributed by atoms with Crippen molar-refractivity contribution >= 4 is 11.7 Å². The average molecular weight is 315 g/mol. The number of nitrogens with zero attached hydrogens (tertiary/aromatic N) is 1. The second-order valence-electron chi connectivity index (χ2n) is 5.23. The molecular weight excluding hydrogens is 294 g/mol. The first-order valence-electron chi connectivity index (χ1n) is 7.24. The molecule has 1 aromatic heterocycles. The Balaban J connectivity index is 2.20. The molecule has 0 amide bonds. The second kappa shape index (κ2) is 7.54. The molecule has 5 nitrogen and oxygen atoms in total. The van der Waals surface area contributed by atoms with Gasteiger partial charge in [0.05, 0.1) is 14.2 Å². The number of carbonyl (C=O) groups is 1. The lowest BCUT2D eigenvalue weighted by Crippen LogP contribution is -2.12. The van der Waals surface area contributed by atoms with E-state index in [1.54, 1.807) is 22.9 Å². The molecule has 2 aromatic rings. The number of rotatable bonds is 6. The van der Waals surface area contributed by atoms with Crippen molar-refractivity contribution in [2.45, 2.75) is 20.5 Å². The molecule has 0 bridgehead atoms. The van der Waals surface area contributed by atoms with Gasteiger partial charge in [-0.2, -0.15) is 0 Å². The Morgan fingerprint density at radius 3 is 2.48 bits per heavy atom. The monoisotopic (exact) mass is 315 g/mol. The summed E-state index contributed by atoms with van der Waals surface area (Å²) in [6, 6.07) is 9.85. The minimum Gasteiger partial charge on any atom is -0.502 e. The summed E-state index contributed by atoms with van der Waals surface area (Å²) in [4.78, 5) is 11.9. The van der Waals surface area contributed by atoms with Crippen LogP contribution < -0.4 is 4.74 Å². The first-order valence-corrected chi connectivity index (χ1v) is 7.24. The summed E-state index contributed by atoms with van der Waals surface area (Å²) in [5, 5.41) is 0. The van der Waals surface area contributed by atoms with E-state index in [1.165, 1.54) is 31.6 Å². The third kappa shape index (κ3) is 4.16. The van der Waals surface area contributed by atoms with E-state index in [0.29, 0.717) is 12.5 Å². The van der Waals surface area contributed by atoms with Gasteiger partial charge in [0.25, 0.3) is 0 Å². The van der Waals surface area contributed by atoms with E-state index in [2.05, 4.69) is 32.0 Å². The molecule has 5 heteroatoms. The van der Waals surface area contributed by atoms with Crippen molar-refractivity contribution in [2.24, 2.45) is 0 Å². The average Bonchev–Trinajstić information content (AvgIpc) is 2.97. The lowest BCUT2D eigenvalue weighted by molar-refractivity contribution is -0.134. The van der Waals surface area contributed by atoms with Crippen molar-refractivity contribution in [3.05, 3.63) is 59.5 Å². The molecule has 0 aliphatic carbocycles. The number of carbonyl (C=O) groups excluding carboxylic acids is 1. The number of ether oxygens (including phenoxy) is 3. The Bertz CT molecular complexity index is 695. The summed E-state index contributed by atoms with van der Waals surface area (Å²) in [6.07, 6.45) is 3.05. The van der Waals surface area contributed by atoms with E-state index in [0.717, 1.165) is 5.56 Å². The van der Waals surface area contributed by atoms with Gasteiger partial charge in [-0.1, -0.05) is 29.3 Å². The number of aryl methyl sites for hydroxylation is 2. The molecule has 0 aliphatic rings. The molecule has 0 saturated carbocycles. The summed E-state index contributed by atoms with van der Waals surface area (Å²) in [5.41, 5.74) is 3.70. The normalized spacial score (nSPS) is 11.2. The van der Waals surface area contributed by atoms with Crippen LogP contribution in [0.15, 0.2) is 42.8 Å². The Kier molecular flexibility index (Phi) is 5.46. The highest BCUT2D eigenvalue weighted by Gasteiger charge is 2.16. The van der Waals surface area contributed by atoms with Crippen LogP contribution in [0.25, 0.3) is 5.70 Å². The first-order chi connectivity index (χ1) is 11.0. The second-order valence-corrected chi connectivity index (χ2v) is 5.23. The molecular formula is C18H21NO4. The molecule has 0 unspecified atom stereocenters. The van der Waals surface area contributed by atoms with Gasteiger partial charge in [0.15, 0.2) is 11.6 Å². The fourth-order valence-corrected chi connectivity index (χ4v) is 2.41. The number of hydrogen-bond donors (Lipinski definition) is 0. The quantitative estimate of drug-likeness (QED) is 0.466. The maximum Gasteiger partial charge on any atom is 0.358 e. The largest absolute Gasteiger partial charge is 0.502 e. The molecule has 1 heterocycles. The molecule has 0 spiro atoms. The zero-order chi connectivity index (χ0) is 16.8. The van der Waals surface area contributed by atoms with E-state index in [4.69, 9.17) is 14.2 Å². The van der Waals surface area contributed by atoms with Crippen molar-refractivity contribution < 1.29 is 19.0 Å². The van der Waals surface area contributed by atoms with Crippen LogP contribution >= 0.6 is 0 Å². The van der Waals surface area contributed by atoms with Crippen LogP contribution in [0.3, 0.4) is 0 Å². The molecule has 23 heavy (non-hydrogen) atoms. The molecule has 0 N–H and O–H groups in total. The number of benzene rings is 1. The van der Waals surface area contributed by atoms with Crippen LogP contribution in [0, 0.1) is 13.8 Å². The lowest BCUT2D eigenvalue weighted by Gasteiger charge is -2.13. The zero-order valence-electron chi connectivity index (χ0n) is 13.8. The van der Waals surface area contributed by atoms with E-state index >= 15 is 0 Å². The summed E-state index contributed by atoms with van der Waals surface area (Å²) < 4.78 is 17.2. The van der Waals surface area contributed by atoms with Crippen LogP contribution in [0.4, 0.5) is 0 Å². The maximum atomic E-state index is 11.9. The van der Waals surface area contributed by atoms with Gasteiger partial charge in [0.1, 0.15) is 12.9 Å². The fourth-order valence-electron chi connectivity index (χ4n) is 2.41. The Morgan fingerprint density at radius 1 is 1.17 bits per heavy atom. The molecule has 1 aromatic carbocycles.